The van der Waals surface area contributed by atoms with Gasteiger partial charge in [-0.05, 0) is 69.0 Å². The molecule has 1 aliphatic heterocycles. The van der Waals surface area contributed by atoms with Gasteiger partial charge in [0, 0.05) is 12.1 Å². The first-order chi connectivity index (χ1) is 12.6. The number of carbonyl (C=O) groups excluding carboxylic acids is 1. The molecule has 2 aromatic rings. The summed E-state index contributed by atoms with van der Waals surface area (Å²) in [6.45, 7) is 10.0. The van der Waals surface area contributed by atoms with Crippen molar-refractivity contribution in [2.24, 2.45) is 0 Å². The standard InChI is InChI=1S/C21H23NO5/c1-12-13(2)15(4)20-19(14(12)3)18(23)10-21(5,27-20)11-26-17-8-6-16(7-9-17)22(24)25/h6-9H,10-11H2,1-5H3. The van der Waals surface area contributed by atoms with Gasteiger partial charge in [0.25, 0.3) is 5.69 Å². The molecule has 1 atom stereocenters. The summed E-state index contributed by atoms with van der Waals surface area (Å²) in [5.74, 6) is 1.19. The van der Waals surface area contributed by atoms with Gasteiger partial charge in [-0.1, -0.05) is 0 Å². The van der Waals surface area contributed by atoms with Crippen LogP contribution in [0.5, 0.6) is 11.5 Å². The quantitative estimate of drug-likeness (QED) is 0.580. The Hall–Kier alpha value is -2.89. The molecule has 1 heterocycles. The number of ketones is 1. The number of hydrogen-bond acceptors (Lipinski definition) is 5. The molecule has 2 aromatic carbocycles. The average molecular weight is 369 g/mol. The van der Waals surface area contributed by atoms with Gasteiger partial charge in [0.15, 0.2) is 5.78 Å². The molecule has 0 aliphatic carbocycles. The van der Waals surface area contributed by atoms with Crippen LogP contribution in [-0.4, -0.2) is 22.9 Å². The predicted octanol–water partition coefficient (Wildman–Crippen LogP) is 4.63. The zero-order valence-electron chi connectivity index (χ0n) is 16.2. The van der Waals surface area contributed by atoms with Gasteiger partial charge in [-0.15, -0.1) is 0 Å². The third-order valence-corrected chi connectivity index (χ3v) is 5.38. The molecule has 1 aliphatic rings. The van der Waals surface area contributed by atoms with Gasteiger partial charge in [0.2, 0.25) is 0 Å². The van der Waals surface area contributed by atoms with Crippen molar-refractivity contribution in [1.82, 2.24) is 0 Å². The lowest BCUT2D eigenvalue weighted by atomic mass is 9.85. The highest BCUT2D eigenvalue weighted by atomic mass is 16.6. The highest BCUT2D eigenvalue weighted by Crippen LogP contribution is 2.41. The molecule has 0 radical (unpaired) electrons. The molecule has 0 saturated carbocycles. The number of nitro benzene ring substituents is 1. The van der Waals surface area contributed by atoms with E-state index in [0.29, 0.717) is 17.1 Å². The summed E-state index contributed by atoms with van der Waals surface area (Å²) in [6, 6.07) is 5.87. The summed E-state index contributed by atoms with van der Waals surface area (Å²) in [6.07, 6.45) is 0.218. The Labute approximate surface area is 158 Å². The van der Waals surface area contributed by atoms with Crippen molar-refractivity contribution in [2.45, 2.75) is 46.6 Å². The van der Waals surface area contributed by atoms with Crippen molar-refractivity contribution in [3.05, 3.63) is 62.2 Å². The lowest BCUT2D eigenvalue weighted by Crippen LogP contribution is -2.45. The molecule has 6 nitrogen and oxygen atoms in total. The van der Waals surface area contributed by atoms with E-state index < -0.39 is 10.5 Å². The molecule has 0 amide bonds. The number of fused-ring (bicyclic) bond motifs is 1. The average Bonchev–Trinajstić information content (AvgIpc) is 2.63. The zero-order chi connectivity index (χ0) is 19.9. The SMILES string of the molecule is Cc1c(C)c(C)c2c(c1C)OC(C)(COc1ccc([N+](=O)[O-])cc1)CC2=O. The minimum atomic E-state index is -0.801. The number of hydrogen-bond donors (Lipinski definition) is 0. The topological polar surface area (TPSA) is 78.7 Å². The Balaban J connectivity index is 1.84. The van der Waals surface area contributed by atoms with Gasteiger partial charge in [0.05, 0.1) is 16.9 Å². The highest BCUT2D eigenvalue weighted by molar-refractivity contribution is 6.02. The van der Waals surface area contributed by atoms with Gasteiger partial charge < -0.3 is 9.47 Å². The number of nitro groups is 1. The lowest BCUT2D eigenvalue weighted by Gasteiger charge is -2.37. The summed E-state index contributed by atoms with van der Waals surface area (Å²) in [5.41, 5.74) is 4.06. The second-order valence-electron chi connectivity index (χ2n) is 7.40. The number of rotatable bonds is 4. The number of ether oxygens (including phenoxy) is 2. The van der Waals surface area contributed by atoms with E-state index in [1.54, 1.807) is 12.1 Å². The van der Waals surface area contributed by atoms with Crippen LogP contribution in [0.2, 0.25) is 0 Å². The van der Waals surface area contributed by atoms with E-state index in [0.717, 1.165) is 22.3 Å². The maximum atomic E-state index is 12.9. The van der Waals surface area contributed by atoms with Crippen LogP contribution in [0.3, 0.4) is 0 Å². The van der Waals surface area contributed by atoms with Crippen LogP contribution in [0.15, 0.2) is 24.3 Å². The van der Waals surface area contributed by atoms with Gasteiger partial charge >= 0.3 is 0 Å². The summed E-state index contributed by atoms with van der Waals surface area (Å²) in [4.78, 5) is 23.1. The van der Waals surface area contributed by atoms with Crippen LogP contribution in [0.25, 0.3) is 0 Å². The molecule has 3 rings (SSSR count). The highest BCUT2D eigenvalue weighted by Gasteiger charge is 2.39. The number of Topliss-reactive ketones (excluding diaryl/α,β-unsaturated/α-hetero) is 1. The van der Waals surface area contributed by atoms with E-state index in [-0.39, 0.29) is 24.5 Å². The summed E-state index contributed by atoms with van der Waals surface area (Å²) >= 11 is 0. The maximum Gasteiger partial charge on any atom is 0.269 e. The van der Waals surface area contributed by atoms with Gasteiger partial charge in [-0.3, -0.25) is 14.9 Å². The van der Waals surface area contributed by atoms with E-state index in [4.69, 9.17) is 9.47 Å². The van der Waals surface area contributed by atoms with E-state index in [1.165, 1.54) is 12.1 Å². The number of benzene rings is 2. The van der Waals surface area contributed by atoms with Crippen LogP contribution < -0.4 is 9.47 Å². The Kier molecular flexibility index (Phi) is 4.68. The zero-order valence-corrected chi connectivity index (χ0v) is 16.2. The fourth-order valence-corrected chi connectivity index (χ4v) is 3.43. The van der Waals surface area contributed by atoms with Crippen molar-refractivity contribution in [2.75, 3.05) is 6.61 Å². The number of nitrogens with zero attached hydrogens (tertiary/aromatic N) is 1. The Morgan fingerprint density at radius 3 is 2.26 bits per heavy atom. The fourth-order valence-electron chi connectivity index (χ4n) is 3.43. The second kappa shape index (κ2) is 6.68. The van der Waals surface area contributed by atoms with Crippen LogP contribution in [0.4, 0.5) is 5.69 Å². The molecule has 0 bridgehead atoms. The van der Waals surface area contributed by atoms with Crippen LogP contribution in [0.1, 0.15) is 46.0 Å². The normalized spacial score (nSPS) is 18.6. The Morgan fingerprint density at radius 2 is 1.67 bits per heavy atom. The number of non-ortho nitro benzene ring substituents is 1. The second-order valence-corrected chi connectivity index (χ2v) is 7.40. The van der Waals surface area contributed by atoms with Crippen molar-refractivity contribution in [1.29, 1.82) is 0 Å². The Bertz CT molecular complexity index is 933. The molecule has 0 spiro atoms. The van der Waals surface area contributed by atoms with Gasteiger partial charge in [-0.25, -0.2) is 0 Å². The monoisotopic (exact) mass is 369 g/mol. The lowest BCUT2D eigenvalue weighted by molar-refractivity contribution is -0.384. The molecule has 6 heteroatoms. The molecular weight excluding hydrogens is 346 g/mol. The Morgan fingerprint density at radius 1 is 1.07 bits per heavy atom. The molecule has 27 heavy (non-hydrogen) atoms. The van der Waals surface area contributed by atoms with Gasteiger partial charge in [-0.2, -0.15) is 0 Å². The molecule has 1 unspecified atom stereocenters. The van der Waals surface area contributed by atoms with Crippen LogP contribution >= 0.6 is 0 Å². The van der Waals surface area contributed by atoms with Gasteiger partial charge in [0.1, 0.15) is 23.7 Å². The van der Waals surface area contributed by atoms with Crippen molar-refractivity contribution >= 4 is 11.5 Å². The summed E-state index contributed by atoms with van der Waals surface area (Å²) in [7, 11) is 0. The molecule has 0 fully saturated rings. The van der Waals surface area contributed by atoms with Crippen molar-refractivity contribution in [3.63, 3.8) is 0 Å². The molecule has 142 valence electrons. The fraction of sp³-hybridized carbons (Fsp3) is 0.381. The first-order valence-electron chi connectivity index (χ1n) is 8.83. The smallest absolute Gasteiger partial charge is 0.269 e. The minimum absolute atomic E-state index is 0.00327. The molecule has 0 N–H and O–H groups in total. The predicted molar refractivity (Wildman–Crippen MR) is 102 cm³/mol. The maximum absolute atomic E-state index is 12.9. The van der Waals surface area contributed by atoms with Crippen molar-refractivity contribution in [3.8, 4) is 11.5 Å². The van der Waals surface area contributed by atoms with E-state index in [9.17, 15) is 14.9 Å². The molecule has 0 aromatic heterocycles. The molecular formula is C21H23NO5. The first kappa shape index (κ1) is 18.9. The van der Waals surface area contributed by atoms with E-state index in [2.05, 4.69) is 0 Å². The third kappa shape index (κ3) is 3.39. The van der Waals surface area contributed by atoms with Crippen LogP contribution in [0, 0.1) is 37.8 Å². The molecule has 0 saturated heterocycles. The first-order valence-corrected chi connectivity index (χ1v) is 8.83. The minimum Gasteiger partial charge on any atom is -0.489 e. The third-order valence-electron chi connectivity index (χ3n) is 5.38. The van der Waals surface area contributed by atoms with E-state index in [1.807, 2.05) is 34.6 Å². The van der Waals surface area contributed by atoms with Crippen LogP contribution in [-0.2, 0) is 0 Å². The van der Waals surface area contributed by atoms with E-state index >= 15 is 0 Å². The number of carbonyl (C=O) groups is 1. The largest absolute Gasteiger partial charge is 0.489 e. The van der Waals surface area contributed by atoms with Crippen molar-refractivity contribution < 1.29 is 19.2 Å². The summed E-state index contributed by atoms with van der Waals surface area (Å²) in [5, 5.41) is 10.7. The summed E-state index contributed by atoms with van der Waals surface area (Å²) < 4.78 is 12.0.